The molecular weight excluding hydrogens is 232 g/mol. The normalized spacial score (nSPS) is 11.2. The van der Waals surface area contributed by atoms with Crippen LogP contribution in [0.15, 0.2) is 77.0 Å². The van der Waals surface area contributed by atoms with Crippen LogP contribution in [-0.4, -0.2) is 0 Å². The van der Waals surface area contributed by atoms with Gasteiger partial charge in [-0.15, -0.1) is 5.11 Å². The molecule has 0 fully saturated rings. The number of hydrogen-bond donors (Lipinski definition) is 0. The lowest BCUT2D eigenvalue weighted by Crippen LogP contribution is -1.76. The summed E-state index contributed by atoms with van der Waals surface area (Å²) < 4.78 is 0. The maximum Gasteiger partial charge on any atom is 0.0935 e. The molecule has 19 heavy (non-hydrogen) atoms. The largest absolute Gasteiger partial charge is 0.151 e. The summed E-state index contributed by atoms with van der Waals surface area (Å²) in [5.74, 6) is 0. The van der Waals surface area contributed by atoms with E-state index in [2.05, 4.69) is 41.4 Å². The topological polar surface area (TPSA) is 24.7 Å². The highest BCUT2D eigenvalue weighted by Gasteiger charge is 1.99. The van der Waals surface area contributed by atoms with Gasteiger partial charge in [0, 0.05) is 5.39 Å². The van der Waals surface area contributed by atoms with Crippen molar-refractivity contribution in [3.8, 4) is 0 Å². The standard InChI is InChI=1S/C17H14N2/c1-13-10-11-16-14(12-13)6-5-9-17(16)19-18-15-7-3-2-4-8-15/h2-12H,1H3. The van der Waals surface area contributed by atoms with Crippen LogP contribution in [0.25, 0.3) is 10.8 Å². The van der Waals surface area contributed by atoms with Gasteiger partial charge in [-0.1, -0.05) is 54.1 Å². The number of azo groups is 1. The number of rotatable bonds is 2. The van der Waals surface area contributed by atoms with Gasteiger partial charge in [-0.3, -0.25) is 0 Å². The van der Waals surface area contributed by atoms with Crippen molar-refractivity contribution in [3.05, 3.63) is 72.3 Å². The van der Waals surface area contributed by atoms with Crippen LogP contribution in [0, 0.1) is 6.92 Å². The molecule has 0 atom stereocenters. The van der Waals surface area contributed by atoms with Gasteiger partial charge in [0.15, 0.2) is 0 Å². The predicted octanol–water partition coefficient (Wildman–Crippen LogP) is 5.56. The summed E-state index contributed by atoms with van der Waals surface area (Å²) in [5, 5.41) is 11.0. The smallest absolute Gasteiger partial charge is 0.0935 e. The molecular formula is C17H14N2. The van der Waals surface area contributed by atoms with Crippen molar-refractivity contribution in [2.75, 3.05) is 0 Å². The van der Waals surface area contributed by atoms with E-state index in [0.717, 1.165) is 16.8 Å². The molecule has 0 N–H and O–H groups in total. The Kier molecular flexibility index (Phi) is 3.07. The quantitative estimate of drug-likeness (QED) is 0.528. The summed E-state index contributed by atoms with van der Waals surface area (Å²) in [6.07, 6.45) is 0. The Bertz CT molecular complexity index is 731. The second kappa shape index (κ2) is 5.02. The van der Waals surface area contributed by atoms with E-state index in [9.17, 15) is 0 Å². The second-order valence-corrected chi connectivity index (χ2v) is 4.54. The van der Waals surface area contributed by atoms with Crippen LogP contribution in [0.2, 0.25) is 0 Å². The fraction of sp³-hybridized carbons (Fsp3) is 0.0588. The number of hydrogen-bond acceptors (Lipinski definition) is 2. The van der Waals surface area contributed by atoms with Crippen molar-refractivity contribution >= 4 is 22.1 Å². The van der Waals surface area contributed by atoms with Crippen LogP contribution in [-0.2, 0) is 0 Å². The van der Waals surface area contributed by atoms with E-state index in [1.807, 2.05) is 42.5 Å². The van der Waals surface area contributed by atoms with Gasteiger partial charge in [0.25, 0.3) is 0 Å². The molecule has 0 spiro atoms. The first kappa shape index (κ1) is 11.6. The minimum absolute atomic E-state index is 0.867. The maximum atomic E-state index is 4.36. The average Bonchev–Trinajstić information content (AvgIpc) is 2.45. The van der Waals surface area contributed by atoms with Crippen molar-refractivity contribution in [2.24, 2.45) is 10.2 Å². The maximum absolute atomic E-state index is 4.36. The summed E-state index contributed by atoms with van der Waals surface area (Å²) in [6.45, 7) is 2.09. The van der Waals surface area contributed by atoms with Gasteiger partial charge >= 0.3 is 0 Å². The molecule has 3 rings (SSSR count). The first-order valence-corrected chi connectivity index (χ1v) is 6.29. The molecule has 0 radical (unpaired) electrons. The van der Waals surface area contributed by atoms with Crippen molar-refractivity contribution in [2.45, 2.75) is 6.92 Å². The summed E-state index contributed by atoms with van der Waals surface area (Å²) in [5.41, 5.74) is 3.03. The van der Waals surface area contributed by atoms with Crippen molar-refractivity contribution < 1.29 is 0 Å². The van der Waals surface area contributed by atoms with Crippen LogP contribution in [0.5, 0.6) is 0 Å². The highest BCUT2D eigenvalue weighted by atomic mass is 15.1. The predicted molar refractivity (Wildman–Crippen MR) is 79.3 cm³/mol. The molecule has 0 heterocycles. The van der Waals surface area contributed by atoms with Crippen LogP contribution < -0.4 is 0 Å². The minimum Gasteiger partial charge on any atom is -0.151 e. The summed E-state index contributed by atoms with van der Waals surface area (Å²) >= 11 is 0. The number of fused-ring (bicyclic) bond motifs is 1. The van der Waals surface area contributed by atoms with Crippen molar-refractivity contribution in [3.63, 3.8) is 0 Å². The molecule has 0 aliphatic rings. The van der Waals surface area contributed by atoms with E-state index in [-0.39, 0.29) is 0 Å². The van der Waals surface area contributed by atoms with Gasteiger partial charge in [0.05, 0.1) is 11.4 Å². The minimum atomic E-state index is 0.867. The van der Waals surface area contributed by atoms with E-state index in [0.29, 0.717) is 0 Å². The third-order valence-electron chi connectivity index (χ3n) is 3.04. The number of nitrogens with zero attached hydrogens (tertiary/aromatic N) is 2. The zero-order chi connectivity index (χ0) is 13.1. The van der Waals surface area contributed by atoms with Crippen LogP contribution in [0.4, 0.5) is 11.4 Å². The molecule has 2 heteroatoms. The van der Waals surface area contributed by atoms with E-state index < -0.39 is 0 Å². The van der Waals surface area contributed by atoms with Gasteiger partial charge < -0.3 is 0 Å². The Morgan fingerprint density at radius 3 is 2.42 bits per heavy atom. The third kappa shape index (κ3) is 2.52. The summed E-state index contributed by atoms with van der Waals surface area (Å²) in [4.78, 5) is 0. The SMILES string of the molecule is Cc1ccc2c(N=Nc3ccccc3)cccc2c1. The molecule has 0 saturated carbocycles. The van der Waals surface area contributed by atoms with Crippen LogP contribution in [0.1, 0.15) is 5.56 Å². The molecule has 0 saturated heterocycles. The van der Waals surface area contributed by atoms with E-state index >= 15 is 0 Å². The molecule has 0 amide bonds. The van der Waals surface area contributed by atoms with Crippen LogP contribution >= 0.6 is 0 Å². The second-order valence-electron chi connectivity index (χ2n) is 4.54. The molecule has 2 nitrogen and oxygen atoms in total. The van der Waals surface area contributed by atoms with E-state index in [4.69, 9.17) is 0 Å². The number of aryl methyl sites for hydroxylation is 1. The zero-order valence-electron chi connectivity index (χ0n) is 10.7. The lowest BCUT2D eigenvalue weighted by Gasteiger charge is -2.02. The number of benzene rings is 3. The highest BCUT2D eigenvalue weighted by molar-refractivity contribution is 5.92. The Hall–Kier alpha value is -2.48. The average molecular weight is 246 g/mol. The molecule has 0 aliphatic carbocycles. The van der Waals surface area contributed by atoms with Gasteiger partial charge in [-0.05, 0) is 30.5 Å². The Labute approximate surface area is 112 Å². The highest BCUT2D eigenvalue weighted by Crippen LogP contribution is 2.28. The zero-order valence-corrected chi connectivity index (χ0v) is 10.7. The molecule has 3 aromatic carbocycles. The Morgan fingerprint density at radius 2 is 1.58 bits per heavy atom. The van der Waals surface area contributed by atoms with Crippen molar-refractivity contribution in [1.82, 2.24) is 0 Å². The molecule has 0 aliphatic heterocycles. The molecule has 0 bridgehead atoms. The molecule has 3 aromatic rings. The Morgan fingerprint density at radius 1 is 0.737 bits per heavy atom. The fourth-order valence-corrected chi connectivity index (χ4v) is 2.08. The van der Waals surface area contributed by atoms with E-state index in [1.165, 1.54) is 10.9 Å². The lowest BCUT2D eigenvalue weighted by molar-refractivity contribution is 1.24. The Balaban J connectivity index is 2.04. The third-order valence-corrected chi connectivity index (χ3v) is 3.04. The monoisotopic (exact) mass is 246 g/mol. The van der Waals surface area contributed by atoms with E-state index in [1.54, 1.807) is 0 Å². The molecule has 92 valence electrons. The van der Waals surface area contributed by atoms with Gasteiger partial charge in [-0.25, -0.2) is 0 Å². The summed E-state index contributed by atoms with van der Waals surface area (Å²) in [7, 11) is 0. The van der Waals surface area contributed by atoms with Gasteiger partial charge in [0.1, 0.15) is 0 Å². The lowest BCUT2D eigenvalue weighted by atomic mass is 10.1. The summed E-state index contributed by atoms with van der Waals surface area (Å²) in [6, 6.07) is 22.2. The molecule has 0 unspecified atom stereocenters. The van der Waals surface area contributed by atoms with Crippen molar-refractivity contribution in [1.29, 1.82) is 0 Å². The van der Waals surface area contributed by atoms with Gasteiger partial charge in [-0.2, -0.15) is 5.11 Å². The fourth-order valence-electron chi connectivity index (χ4n) is 2.08. The van der Waals surface area contributed by atoms with Crippen LogP contribution in [0.3, 0.4) is 0 Å². The van der Waals surface area contributed by atoms with Gasteiger partial charge in [0.2, 0.25) is 0 Å². The molecule has 0 aromatic heterocycles. The first-order valence-electron chi connectivity index (χ1n) is 6.29. The first-order chi connectivity index (χ1) is 9.33.